The minimum atomic E-state index is -0.873. The first kappa shape index (κ1) is 17.8. The zero-order chi connectivity index (χ0) is 19.5. The van der Waals surface area contributed by atoms with Crippen molar-refractivity contribution >= 4 is 23.5 Å². The van der Waals surface area contributed by atoms with Crippen molar-refractivity contribution in [3.05, 3.63) is 48.3 Å². The number of rotatable bonds is 4. The summed E-state index contributed by atoms with van der Waals surface area (Å²) in [6.07, 6.45) is 0.884. The highest BCUT2D eigenvalue weighted by Crippen LogP contribution is 2.24. The molecule has 1 fully saturated rings. The molecule has 0 atom stereocenters. The molecule has 4 heterocycles. The van der Waals surface area contributed by atoms with Crippen molar-refractivity contribution in [2.75, 3.05) is 36.4 Å². The van der Waals surface area contributed by atoms with Crippen molar-refractivity contribution in [2.45, 2.75) is 6.92 Å². The van der Waals surface area contributed by atoms with E-state index in [1.807, 2.05) is 43.3 Å². The summed E-state index contributed by atoms with van der Waals surface area (Å²) in [7, 11) is 0. The van der Waals surface area contributed by atoms with E-state index in [0.717, 1.165) is 22.8 Å². The molecule has 1 aliphatic rings. The van der Waals surface area contributed by atoms with Gasteiger partial charge < -0.3 is 20.2 Å². The Balaban J connectivity index is 1.51. The second kappa shape index (κ2) is 7.55. The summed E-state index contributed by atoms with van der Waals surface area (Å²) in [4.78, 5) is 23.7. The van der Waals surface area contributed by atoms with E-state index in [0.29, 0.717) is 37.8 Å². The van der Waals surface area contributed by atoms with Crippen molar-refractivity contribution in [3.63, 3.8) is 0 Å². The van der Waals surface area contributed by atoms with Crippen LogP contribution >= 0.6 is 0 Å². The van der Waals surface area contributed by atoms with Gasteiger partial charge >= 0.3 is 6.09 Å². The number of pyridine rings is 2. The number of amides is 1. The molecule has 4 rings (SSSR count). The summed E-state index contributed by atoms with van der Waals surface area (Å²) in [5.41, 5.74) is 2.75. The summed E-state index contributed by atoms with van der Waals surface area (Å²) in [6.45, 7) is 4.13. The molecule has 1 saturated heterocycles. The number of hydrogen-bond acceptors (Lipinski definition) is 6. The fraction of sp³-hybridized carbons (Fsp3) is 0.263. The van der Waals surface area contributed by atoms with Crippen molar-refractivity contribution in [1.82, 2.24) is 25.1 Å². The number of hydrogen-bond donors (Lipinski definition) is 3. The van der Waals surface area contributed by atoms with E-state index < -0.39 is 6.09 Å². The van der Waals surface area contributed by atoms with Gasteiger partial charge in [0, 0.05) is 49.7 Å². The Morgan fingerprint density at radius 1 is 1.14 bits per heavy atom. The van der Waals surface area contributed by atoms with Crippen LogP contribution in [0.4, 0.5) is 22.2 Å². The number of nitrogens with one attached hydrogen (secondary N) is 2. The summed E-state index contributed by atoms with van der Waals surface area (Å²) < 4.78 is 0. The van der Waals surface area contributed by atoms with Gasteiger partial charge in [-0.3, -0.25) is 5.10 Å². The monoisotopic (exact) mass is 379 g/mol. The van der Waals surface area contributed by atoms with E-state index >= 15 is 0 Å². The Labute approximate surface area is 162 Å². The predicted octanol–water partition coefficient (Wildman–Crippen LogP) is 2.72. The maximum Gasteiger partial charge on any atom is 0.407 e. The van der Waals surface area contributed by atoms with Crippen LogP contribution < -0.4 is 10.2 Å². The Kier molecular flexibility index (Phi) is 4.79. The molecule has 28 heavy (non-hydrogen) atoms. The number of anilines is 3. The van der Waals surface area contributed by atoms with Crippen LogP contribution in [0.2, 0.25) is 0 Å². The lowest BCUT2D eigenvalue weighted by Crippen LogP contribution is -2.48. The van der Waals surface area contributed by atoms with Crippen LogP contribution in [-0.4, -0.2) is 62.4 Å². The lowest BCUT2D eigenvalue weighted by Gasteiger charge is -2.33. The summed E-state index contributed by atoms with van der Waals surface area (Å²) in [5.74, 6) is 2.25. The zero-order valence-corrected chi connectivity index (χ0v) is 15.5. The quantitative estimate of drug-likeness (QED) is 0.639. The summed E-state index contributed by atoms with van der Waals surface area (Å²) >= 11 is 0. The van der Waals surface area contributed by atoms with Crippen molar-refractivity contribution in [1.29, 1.82) is 0 Å². The lowest BCUT2D eigenvalue weighted by atomic mass is 10.1. The van der Waals surface area contributed by atoms with E-state index in [1.54, 1.807) is 6.20 Å². The van der Waals surface area contributed by atoms with Crippen LogP contribution in [-0.2, 0) is 0 Å². The largest absolute Gasteiger partial charge is 0.465 e. The minimum absolute atomic E-state index is 0.474. The average Bonchev–Trinajstić information content (AvgIpc) is 3.13. The third-order valence-corrected chi connectivity index (χ3v) is 4.63. The third-order valence-electron chi connectivity index (χ3n) is 4.63. The smallest absolute Gasteiger partial charge is 0.407 e. The second-order valence-corrected chi connectivity index (χ2v) is 6.63. The highest BCUT2D eigenvalue weighted by molar-refractivity contribution is 5.67. The van der Waals surface area contributed by atoms with Crippen molar-refractivity contribution in [2.24, 2.45) is 0 Å². The molecule has 0 spiro atoms. The lowest BCUT2D eigenvalue weighted by molar-refractivity contribution is 0.142. The number of nitrogens with zero attached hydrogens (tertiary/aromatic N) is 5. The van der Waals surface area contributed by atoms with E-state index in [-0.39, 0.29) is 0 Å². The third kappa shape index (κ3) is 3.88. The number of aromatic amines is 1. The molecule has 3 aromatic rings. The molecular formula is C19H21N7O2. The van der Waals surface area contributed by atoms with Gasteiger partial charge in [-0.25, -0.2) is 14.8 Å². The molecule has 9 heteroatoms. The molecule has 0 radical (unpaired) electrons. The molecule has 0 saturated carbocycles. The van der Waals surface area contributed by atoms with E-state index in [1.165, 1.54) is 4.90 Å². The van der Waals surface area contributed by atoms with Crippen LogP contribution in [0, 0.1) is 6.92 Å². The first-order chi connectivity index (χ1) is 13.6. The van der Waals surface area contributed by atoms with Gasteiger partial charge in [-0.15, -0.1) is 0 Å². The second-order valence-electron chi connectivity index (χ2n) is 6.63. The molecule has 1 aliphatic heterocycles. The number of carboxylic acid groups (broad SMARTS) is 1. The summed E-state index contributed by atoms with van der Waals surface area (Å²) in [6, 6.07) is 11.6. The average molecular weight is 379 g/mol. The minimum Gasteiger partial charge on any atom is -0.465 e. The number of carbonyl (C=O) groups is 1. The summed E-state index contributed by atoms with van der Waals surface area (Å²) in [5, 5.41) is 19.3. The fourth-order valence-electron chi connectivity index (χ4n) is 3.16. The molecule has 1 amide bonds. The van der Waals surface area contributed by atoms with E-state index in [4.69, 9.17) is 5.11 Å². The molecule has 0 bridgehead atoms. The van der Waals surface area contributed by atoms with Gasteiger partial charge in [-0.2, -0.15) is 5.10 Å². The van der Waals surface area contributed by atoms with Gasteiger partial charge in [-0.1, -0.05) is 6.07 Å². The molecule has 0 aliphatic carbocycles. The standard InChI is InChI=1S/C19H21N7O2/c1-13-11-17(24-23-13)22-16-4-2-3-15(21-16)14-5-6-20-18(12-14)25-7-9-26(10-8-25)19(27)28/h2-6,11-12H,7-10H2,1H3,(H,27,28)(H2,21,22,23,24). The van der Waals surface area contributed by atoms with E-state index in [9.17, 15) is 4.79 Å². The Morgan fingerprint density at radius 2 is 1.96 bits per heavy atom. The normalized spacial score (nSPS) is 14.2. The van der Waals surface area contributed by atoms with Crippen LogP contribution in [0.25, 0.3) is 11.3 Å². The first-order valence-corrected chi connectivity index (χ1v) is 9.04. The van der Waals surface area contributed by atoms with Gasteiger partial charge in [0.25, 0.3) is 0 Å². The SMILES string of the molecule is Cc1cc(Nc2cccc(-c3ccnc(N4CCN(C(=O)O)CC4)c3)n2)n[nH]1. The molecule has 0 aromatic carbocycles. The Bertz CT molecular complexity index is 980. The maximum absolute atomic E-state index is 11.1. The van der Waals surface area contributed by atoms with Gasteiger partial charge in [0.2, 0.25) is 0 Å². The predicted molar refractivity (Wildman–Crippen MR) is 106 cm³/mol. The highest BCUT2D eigenvalue weighted by Gasteiger charge is 2.21. The fourth-order valence-corrected chi connectivity index (χ4v) is 3.16. The van der Waals surface area contributed by atoms with Gasteiger partial charge in [0.05, 0.1) is 5.69 Å². The molecule has 3 N–H and O–H groups in total. The van der Waals surface area contributed by atoms with Gasteiger partial charge in [-0.05, 0) is 31.2 Å². The molecule has 9 nitrogen and oxygen atoms in total. The molecule has 144 valence electrons. The molecule has 3 aromatic heterocycles. The van der Waals surface area contributed by atoms with Gasteiger partial charge in [0.1, 0.15) is 11.6 Å². The van der Waals surface area contributed by atoms with Crippen molar-refractivity contribution in [3.8, 4) is 11.3 Å². The van der Waals surface area contributed by atoms with Crippen LogP contribution in [0.1, 0.15) is 5.69 Å². The Hall–Kier alpha value is -3.62. The number of aromatic nitrogens is 4. The topological polar surface area (TPSA) is 110 Å². The van der Waals surface area contributed by atoms with Crippen LogP contribution in [0.5, 0.6) is 0 Å². The highest BCUT2D eigenvalue weighted by atomic mass is 16.4. The number of aryl methyl sites for hydroxylation is 1. The van der Waals surface area contributed by atoms with Crippen LogP contribution in [0.15, 0.2) is 42.6 Å². The first-order valence-electron chi connectivity index (χ1n) is 9.04. The molecular weight excluding hydrogens is 358 g/mol. The van der Waals surface area contributed by atoms with Crippen LogP contribution in [0.3, 0.4) is 0 Å². The van der Waals surface area contributed by atoms with E-state index in [2.05, 4.69) is 30.4 Å². The maximum atomic E-state index is 11.1. The number of piperazine rings is 1. The zero-order valence-electron chi connectivity index (χ0n) is 15.5. The van der Waals surface area contributed by atoms with Crippen molar-refractivity contribution < 1.29 is 9.90 Å². The van der Waals surface area contributed by atoms with Gasteiger partial charge in [0.15, 0.2) is 5.82 Å². The number of H-pyrrole nitrogens is 1. The Morgan fingerprint density at radius 3 is 2.68 bits per heavy atom. The molecule has 0 unspecified atom stereocenters.